The van der Waals surface area contributed by atoms with Gasteiger partial charge in [0.2, 0.25) is 11.8 Å². The lowest BCUT2D eigenvalue weighted by molar-refractivity contribution is -0.136. The number of nitrogens with zero attached hydrogens (tertiary/aromatic N) is 4. The average molecular weight is 550 g/mol. The lowest BCUT2D eigenvalue weighted by Crippen LogP contribution is -2.54. The van der Waals surface area contributed by atoms with Crippen LogP contribution < -0.4 is 5.32 Å². The molecule has 0 spiro atoms. The first-order chi connectivity index (χ1) is 19.4. The van der Waals surface area contributed by atoms with E-state index in [0.717, 1.165) is 94.8 Å². The summed E-state index contributed by atoms with van der Waals surface area (Å²) in [5.74, 6) is -0.932. The number of likely N-dealkylation sites (tertiary alicyclic amines) is 3. The summed E-state index contributed by atoms with van der Waals surface area (Å²) in [6, 6.07) is 4.81. The van der Waals surface area contributed by atoms with Crippen molar-refractivity contribution in [2.45, 2.75) is 69.7 Å². The van der Waals surface area contributed by atoms with Crippen LogP contribution in [0.5, 0.6) is 0 Å². The molecule has 1 aromatic carbocycles. The number of imide groups is 2. The molecular weight excluding hydrogens is 510 g/mol. The van der Waals surface area contributed by atoms with Gasteiger partial charge < -0.3 is 14.7 Å². The van der Waals surface area contributed by atoms with Crippen molar-refractivity contribution in [3.63, 3.8) is 0 Å². The van der Waals surface area contributed by atoms with Crippen LogP contribution in [-0.4, -0.2) is 101 Å². The zero-order valence-electron chi connectivity index (χ0n) is 23.1. The third-order valence-electron chi connectivity index (χ3n) is 9.55. The Hall–Kier alpha value is -3.27. The number of benzene rings is 1. The Morgan fingerprint density at radius 1 is 0.775 bits per heavy atom. The Bertz CT molecular complexity index is 1190. The van der Waals surface area contributed by atoms with Crippen LogP contribution >= 0.6 is 0 Å². The molecule has 10 heteroatoms. The summed E-state index contributed by atoms with van der Waals surface area (Å²) in [5.41, 5.74) is 1.76. The number of hydrogen-bond acceptors (Lipinski definition) is 6. The topological polar surface area (TPSA) is 110 Å². The number of hydrogen-bond donors (Lipinski definition) is 1. The van der Waals surface area contributed by atoms with Gasteiger partial charge in [0.1, 0.15) is 6.04 Å². The first-order valence-corrected chi connectivity index (χ1v) is 15.0. The second kappa shape index (κ2) is 11.3. The standard InChI is InChI=1S/C30H39N5O5/c36-26-7-6-25(27(37)31-26)35-28(38)23-5-4-22(18-24(23)29(35)39)21-10-14-32(15-11-21)19-20-8-16-34(17-9-20)30(40)33-12-2-1-3-13-33/h4-5,18,20-21,25H,1-3,6-17,19H2,(H,31,36,37). The lowest BCUT2D eigenvalue weighted by Gasteiger charge is -2.39. The molecule has 5 aliphatic heterocycles. The Morgan fingerprint density at radius 2 is 1.45 bits per heavy atom. The highest BCUT2D eigenvalue weighted by Gasteiger charge is 2.45. The van der Waals surface area contributed by atoms with E-state index in [1.165, 1.54) is 6.42 Å². The van der Waals surface area contributed by atoms with E-state index in [1.54, 1.807) is 6.07 Å². The molecule has 1 atom stereocenters. The SMILES string of the molecule is O=C1CCC(N2C(=O)c3ccc(C4CCN(CC5CCN(C(=O)N6CCCCC6)CC5)CC4)cc3C2=O)C(=O)N1. The lowest BCUT2D eigenvalue weighted by atomic mass is 9.87. The van der Waals surface area contributed by atoms with E-state index in [4.69, 9.17) is 0 Å². The highest BCUT2D eigenvalue weighted by atomic mass is 16.2. The molecule has 6 rings (SSSR count). The molecule has 6 amide bonds. The molecule has 4 saturated heterocycles. The molecule has 1 N–H and O–H groups in total. The maximum atomic E-state index is 13.2. The maximum absolute atomic E-state index is 13.2. The quantitative estimate of drug-likeness (QED) is 0.578. The minimum absolute atomic E-state index is 0.115. The van der Waals surface area contributed by atoms with Gasteiger partial charge in [-0.05, 0) is 94.0 Å². The number of carbonyl (C=O) groups is 5. The molecule has 4 fully saturated rings. The highest BCUT2D eigenvalue weighted by Crippen LogP contribution is 2.34. The van der Waals surface area contributed by atoms with Crippen molar-refractivity contribution in [2.75, 3.05) is 45.8 Å². The molecule has 0 saturated carbocycles. The van der Waals surface area contributed by atoms with Crippen LogP contribution in [0.4, 0.5) is 4.79 Å². The van der Waals surface area contributed by atoms with Gasteiger partial charge in [-0.1, -0.05) is 6.07 Å². The van der Waals surface area contributed by atoms with E-state index in [-0.39, 0.29) is 24.8 Å². The third-order valence-corrected chi connectivity index (χ3v) is 9.55. The first kappa shape index (κ1) is 26.9. The van der Waals surface area contributed by atoms with Crippen molar-refractivity contribution in [1.82, 2.24) is 24.9 Å². The second-order valence-corrected chi connectivity index (χ2v) is 12.1. The van der Waals surface area contributed by atoms with Gasteiger partial charge in [-0.2, -0.15) is 0 Å². The molecule has 1 unspecified atom stereocenters. The van der Waals surface area contributed by atoms with Gasteiger partial charge in [0, 0.05) is 39.1 Å². The van der Waals surface area contributed by atoms with Crippen molar-refractivity contribution in [3.8, 4) is 0 Å². The molecule has 0 bridgehead atoms. The molecule has 0 radical (unpaired) electrons. The van der Waals surface area contributed by atoms with Crippen molar-refractivity contribution >= 4 is 29.7 Å². The van der Waals surface area contributed by atoms with E-state index in [9.17, 15) is 24.0 Å². The normalized spacial score (nSPS) is 25.4. The van der Waals surface area contributed by atoms with Gasteiger partial charge in [0.15, 0.2) is 0 Å². The van der Waals surface area contributed by atoms with Gasteiger partial charge in [0.25, 0.3) is 11.8 Å². The van der Waals surface area contributed by atoms with E-state index in [0.29, 0.717) is 23.0 Å². The molecule has 5 heterocycles. The number of amides is 6. The molecule has 0 aliphatic carbocycles. The van der Waals surface area contributed by atoms with Crippen LogP contribution in [0.2, 0.25) is 0 Å². The van der Waals surface area contributed by atoms with Crippen LogP contribution in [0.1, 0.15) is 90.0 Å². The van der Waals surface area contributed by atoms with Gasteiger partial charge in [-0.25, -0.2) is 4.79 Å². The predicted molar refractivity (Wildman–Crippen MR) is 147 cm³/mol. The fourth-order valence-corrected chi connectivity index (χ4v) is 7.15. The summed E-state index contributed by atoms with van der Waals surface area (Å²) in [7, 11) is 0. The molecular formula is C30H39N5O5. The van der Waals surface area contributed by atoms with Crippen molar-refractivity contribution in [2.24, 2.45) is 5.92 Å². The van der Waals surface area contributed by atoms with E-state index < -0.39 is 23.8 Å². The van der Waals surface area contributed by atoms with Crippen LogP contribution in [0.3, 0.4) is 0 Å². The maximum Gasteiger partial charge on any atom is 0.319 e. The summed E-state index contributed by atoms with van der Waals surface area (Å²) in [6.07, 6.45) is 7.86. The van der Waals surface area contributed by atoms with Gasteiger partial charge in [0.05, 0.1) is 11.1 Å². The molecule has 214 valence electrons. The van der Waals surface area contributed by atoms with Crippen LogP contribution in [0, 0.1) is 5.92 Å². The molecule has 1 aromatic rings. The molecule has 40 heavy (non-hydrogen) atoms. The fraction of sp³-hybridized carbons (Fsp3) is 0.633. The summed E-state index contributed by atoms with van der Waals surface area (Å²) < 4.78 is 0. The van der Waals surface area contributed by atoms with Crippen molar-refractivity contribution in [3.05, 3.63) is 34.9 Å². The Kier molecular flexibility index (Phi) is 7.61. The van der Waals surface area contributed by atoms with Gasteiger partial charge >= 0.3 is 6.03 Å². The number of fused-ring (bicyclic) bond motifs is 1. The zero-order chi connectivity index (χ0) is 27.8. The predicted octanol–water partition coefficient (Wildman–Crippen LogP) is 2.59. The summed E-state index contributed by atoms with van der Waals surface area (Å²) in [4.78, 5) is 70.5. The first-order valence-electron chi connectivity index (χ1n) is 15.0. The molecule has 5 aliphatic rings. The minimum Gasteiger partial charge on any atom is -0.325 e. The van der Waals surface area contributed by atoms with Gasteiger partial charge in [-0.3, -0.25) is 29.4 Å². The van der Waals surface area contributed by atoms with Crippen molar-refractivity contribution in [1.29, 1.82) is 0 Å². The summed E-state index contributed by atoms with van der Waals surface area (Å²) >= 11 is 0. The number of urea groups is 1. The van der Waals surface area contributed by atoms with E-state index in [1.807, 2.05) is 17.0 Å². The Labute approximate surface area is 235 Å². The Morgan fingerprint density at radius 3 is 2.15 bits per heavy atom. The molecule has 0 aromatic heterocycles. The van der Waals surface area contributed by atoms with Crippen LogP contribution in [0.25, 0.3) is 0 Å². The molecule has 10 nitrogen and oxygen atoms in total. The zero-order valence-corrected chi connectivity index (χ0v) is 23.1. The fourth-order valence-electron chi connectivity index (χ4n) is 7.15. The van der Waals surface area contributed by atoms with E-state index >= 15 is 0 Å². The minimum atomic E-state index is -0.938. The summed E-state index contributed by atoms with van der Waals surface area (Å²) in [6.45, 7) is 6.56. The van der Waals surface area contributed by atoms with E-state index in [2.05, 4.69) is 15.1 Å². The third kappa shape index (κ3) is 5.25. The van der Waals surface area contributed by atoms with Crippen molar-refractivity contribution < 1.29 is 24.0 Å². The average Bonchev–Trinajstić information content (AvgIpc) is 3.23. The summed E-state index contributed by atoms with van der Waals surface area (Å²) in [5, 5.41) is 2.24. The van der Waals surface area contributed by atoms with Crippen LogP contribution in [-0.2, 0) is 9.59 Å². The van der Waals surface area contributed by atoms with Crippen LogP contribution in [0.15, 0.2) is 18.2 Å². The largest absolute Gasteiger partial charge is 0.325 e. The number of piperidine rings is 4. The smallest absolute Gasteiger partial charge is 0.319 e. The number of rotatable bonds is 4. The van der Waals surface area contributed by atoms with Gasteiger partial charge in [-0.15, -0.1) is 0 Å². The highest BCUT2D eigenvalue weighted by molar-refractivity contribution is 6.23. The monoisotopic (exact) mass is 549 g/mol. The number of nitrogens with one attached hydrogen (secondary N) is 1. The Balaban J connectivity index is 1.00. The second-order valence-electron chi connectivity index (χ2n) is 12.1. The number of carbonyl (C=O) groups excluding carboxylic acids is 5.